The Morgan fingerprint density at radius 1 is 1.21 bits per heavy atom. The van der Waals surface area contributed by atoms with Crippen molar-refractivity contribution in [1.82, 2.24) is 9.88 Å². The zero-order valence-electron chi connectivity index (χ0n) is 15.9. The highest BCUT2D eigenvalue weighted by molar-refractivity contribution is 7.22. The van der Waals surface area contributed by atoms with Gasteiger partial charge in [0.25, 0.3) is 0 Å². The van der Waals surface area contributed by atoms with E-state index in [-0.39, 0.29) is 24.2 Å². The van der Waals surface area contributed by atoms with E-state index in [4.69, 9.17) is 4.98 Å². The molecule has 2 aliphatic rings. The minimum Gasteiger partial charge on any atom is -0.317 e. The molecule has 7 heteroatoms. The van der Waals surface area contributed by atoms with Crippen LogP contribution in [0.3, 0.4) is 0 Å². The first-order chi connectivity index (χ1) is 13.2. The first kappa shape index (κ1) is 19.8. The standard InChI is InChI=1S/C21H23N3OS2.ClH/c1-24-11-10-14-17(12-24)27-21(23-19(25)13-6-2-3-7-13)18(14)20-22-15-8-4-5-9-16(15)26-20;/h4-5,8-9,13H,2-3,6-7,10-12H2,1H3,(H,23,25);1H. The lowest BCUT2D eigenvalue weighted by Gasteiger charge is -2.22. The van der Waals surface area contributed by atoms with Gasteiger partial charge in [0, 0.05) is 29.4 Å². The third kappa shape index (κ3) is 3.59. The monoisotopic (exact) mass is 433 g/mol. The normalized spacial score (nSPS) is 17.5. The van der Waals surface area contributed by atoms with Crippen LogP contribution in [0.25, 0.3) is 20.8 Å². The van der Waals surface area contributed by atoms with Crippen molar-refractivity contribution < 1.29 is 4.79 Å². The number of hydrogen-bond donors (Lipinski definition) is 1. The molecule has 0 spiro atoms. The van der Waals surface area contributed by atoms with E-state index < -0.39 is 0 Å². The van der Waals surface area contributed by atoms with Gasteiger partial charge in [-0.3, -0.25) is 4.79 Å². The Balaban J connectivity index is 0.00000192. The second-order valence-electron chi connectivity index (χ2n) is 7.65. The van der Waals surface area contributed by atoms with Crippen LogP contribution in [-0.2, 0) is 17.8 Å². The van der Waals surface area contributed by atoms with Crippen molar-refractivity contribution in [2.45, 2.75) is 38.6 Å². The molecule has 0 saturated heterocycles. The Hall–Kier alpha value is -1.47. The van der Waals surface area contributed by atoms with E-state index in [1.807, 2.05) is 6.07 Å². The third-order valence-corrected chi connectivity index (χ3v) is 7.90. The number of thiazole rings is 1. The van der Waals surface area contributed by atoms with E-state index in [1.165, 1.54) is 33.5 Å². The number of carbonyl (C=O) groups excluding carboxylic acids is 1. The highest BCUT2D eigenvalue weighted by atomic mass is 35.5. The van der Waals surface area contributed by atoms with Gasteiger partial charge in [0.2, 0.25) is 5.91 Å². The lowest BCUT2D eigenvalue weighted by Crippen LogP contribution is -2.25. The van der Waals surface area contributed by atoms with Crippen LogP contribution < -0.4 is 5.32 Å². The van der Waals surface area contributed by atoms with Crippen molar-refractivity contribution in [3.63, 3.8) is 0 Å². The van der Waals surface area contributed by atoms with Crippen LogP contribution in [-0.4, -0.2) is 29.4 Å². The van der Waals surface area contributed by atoms with Crippen molar-refractivity contribution in [1.29, 1.82) is 0 Å². The minimum absolute atomic E-state index is 0. The Labute approximate surface area is 179 Å². The molecule has 0 bridgehead atoms. The van der Waals surface area contributed by atoms with Gasteiger partial charge in [-0.05, 0) is 44.0 Å². The van der Waals surface area contributed by atoms with Gasteiger partial charge in [0.15, 0.2) is 0 Å². The fourth-order valence-electron chi connectivity index (χ4n) is 4.23. The number of amides is 1. The number of halogens is 1. The topological polar surface area (TPSA) is 45.2 Å². The second-order valence-corrected chi connectivity index (χ2v) is 9.79. The molecule has 148 valence electrons. The molecular formula is C21H24ClN3OS2. The summed E-state index contributed by atoms with van der Waals surface area (Å²) in [5, 5.41) is 5.34. The summed E-state index contributed by atoms with van der Waals surface area (Å²) < 4.78 is 1.20. The van der Waals surface area contributed by atoms with E-state index in [1.54, 1.807) is 22.7 Å². The summed E-state index contributed by atoms with van der Waals surface area (Å²) in [7, 11) is 2.16. The molecule has 4 nitrogen and oxygen atoms in total. The van der Waals surface area contributed by atoms with E-state index in [0.717, 1.165) is 47.9 Å². The molecule has 0 unspecified atom stereocenters. The highest BCUT2D eigenvalue weighted by Crippen LogP contribution is 2.45. The SMILES string of the molecule is CN1CCc2c(sc(NC(=O)C3CCCC3)c2-c2nc3ccccc3s2)C1.Cl. The summed E-state index contributed by atoms with van der Waals surface area (Å²) in [6.45, 7) is 2.01. The van der Waals surface area contributed by atoms with Gasteiger partial charge in [-0.2, -0.15) is 0 Å². The van der Waals surface area contributed by atoms with E-state index in [9.17, 15) is 4.79 Å². The zero-order valence-corrected chi connectivity index (χ0v) is 18.3. The van der Waals surface area contributed by atoms with Gasteiger partial charge in [-0.1, -0.05) is 25.0 Å². The van der Waals surface area contributed by atoms with E-state index in [2.05, 4.69) is 35.5 Å². The third-order valence-electron chi connectivity index (χ3n) is 5.72. The average Bonchev–Trinajstić information content (AvgIpc) is 3.38. The van der Waals surface area contributed by atoms with Crippen LogP contribution in [0.2, 0.25) is 0 Å². The molecule has 1 amide bonds. The quantitative estimate of drug-likeness (QED) is 0.587. The number of rotatable bonds is 3. The van der Waals surface area contributed by atoms with E-state index >= 15 is 0 Å². The number of nitrogens with one attached hydrogen (secondary N) is 1. The number of aromatic nitrogens is 1. The van der Waals surface area contributed by atoms with Gasteiger partial charge in [-0.25, -0.2) is 4.98 Å². The maximum atomic E-state index is 12.8. The van der Waals surface area contributed by atoms with Crippen molar-refractivity contribution in [2.24, 2.45) is 5.92 Å². The number of likely N-dealkylation sites (N-methyl/N-ethyl adjacent to an activating group) is 1. The number of hydrogen-bond acceptors (Lipinski definition) is 5. The molecular weight excluding hydrogens is 410 g/mol. The van der Waals surface area contributed by atoms with Gasteiger partial charge >= 0.3 is 0 Å². The summed E-state index contributed by atoms with van der Waals surface area (Å²) in [6.07, 6.45) is 5.42. The summed E-state index contributed by atoms with van der Waals surface area (Å²) in [6, 6.07) is 8.29. The minimum atomic E-state index is 0. The lowest BCUT2D eigenvalue weighted by molar-refractivity contribution is -0.119. The van der Waals surface area contributed by atoms with Crippen LogP contribution >= 0.6 is 35.1 Å². The Bertz CT molecular complexity index is 973. The predicted molar refractivity (Wildman–Crippen MR) is 121 cm³/mol. The van der Waals surface area contributed by atoms with Gasteiger partial charge in [0.05, 0.1) is 10.2 Å². The maximum absolute atomic E-state index is 12.8. The molecule has 28 heavy (non-hydrogen) atoms. The average molecular weight is 434 g/mol. The second kappa shape index (κ2) is 8.11. The molecule has 1 aromatic carbocycles. The van der Waals surface area contributed by atoms with Crippen LogP contribution in [0.5, 0.6) is 0 Å². The molecule has 0 atom stereocenters. The zero-order chi connectivity index (χ0) is 18.4. The number of anilines is 1. The number of fused-ring (bicyclic) bond motifs is 2. The number of nitrogens with zero attached hydrogens (tertiary/aromatic N) is 2. The molecule has 1 fully saturated rings. The number of benzene rings is 1. The molecule has 3 aromatic rings. The summed E-state index contributed by atoms with van der Waals surface area (Å²) in [5.74, 6) is 0.372. The number of para-hydroxylation sites is 1. The van der Waals surface area contributed by atoms with Crippen molar-refractivity contribution in [2.75, 3.05) is 18.9 Å². The molecule has 1 aliphatic carbocycles. The first-order valence-electron chi connectivity index (χ1n) is 9.69. The fourth-order valence-corrected chi connectivity index (χ4v) is 6.67. The van der Waals surface area contributed by atoms with Crippen LogP contribution in [0, 0.1) is 5.92 Å². The van der Waals surface area contributed by atoms with E-state index in [0.29, 0.717) is 0 Å². The maximum Gasteiger partial charge on any atom is 0.228 e. The van der Waals surface area contributed by atoms with Crippen LogP contribution in [0.15, 0.2) is 24.3 Å². The Morgan fingerprint density at radius 3 is 2.79 bits per heavy atom. The van der Waals surface area contributed by atoms with Gasteiger partial charge in [-0.15, -0.1) is 35.1 Å². The summed E-state index contributed by atoms with van der Waals surface area (Å²) in [4.78, 5) is 21.4. The molecule has 5 rings (SSSR count). The molecule has 2 aromatic heterocycles. The van der Waals surface area contributed by atoms with Gasteiger partial charge in [0.1, 0.15) is 10.0 Å². The fraction of sp³-hybridized carbons (Fsp3) is 0.429. The highest BCUT2D eigenvalue weighted by Gasteiger charge is 2.29. The molecule has 3 heterocycles. The summed E-state index contributed by atoms with van der Waals surface area (Å²) in [5.41, 5.74) is 3.60. The van der Waals surface area contributed by atoms with Crippen molar-refractivity contribution in [3.05, 3.63) is 34.7 Å². The molecule has 1 saturated carbocycles. The van der Waals surface area contributed by atoms with Crippen molar-refractivity contribution in [3.8, 4) is 10.6 Å². The Morgan fingerprint density at radius 2 is 2.00 bits per heavy atom. The van der Waals surface area contributed by atoms with Crippen LogP contribution in [0.4, 0.5) is 5.00 Å². The lowest BCUT2D eigenvalue weighted by atomic mass is 10.0. The molecule has 0 radical (unpaired) electrons. The van der Waals surface area contributed by atoms with Crippen molar-refractivity contribution >= 4 is 56.2 Å². The smallest absolute Gasteiger partial charge is 0.228 e. The van der Waals surface area contributed by atoms with Crippen LogP contribution in [0.1, 0.15) is 36.1 Å². The number of thiophene rings is 1. The molecule has 1 aliphatic heterocycles. The summed E-state index contributed by atoms with van der Waals surface area (Å²) >= 11 is 3.48. The predicted octanol–water partition coefficient (Wildman–Crippen LogP) is 5.56. The Kier molecular flexibility index (Phi) is 5.74. The number of carbonyl (C=O) groups is 1. The first-order valence-corrected chi connectivity index (χ1v) is 11.3. The van der Waals surface area contributed by atoms with Gasteiger partial charge < -0.3 is 10.2 Å². The molecule has 1 N–H and O–H groups in total. The largest absolute Gasteiger partial charge is 0.317 e.